The molecule has 2 bridgehead atoms. The van der Waals surface area contributed by atoms with Gasteiger partial charge in [0.2, 0.25) is 11.8 Å². The summed E-state index contributed by atoms with van der Waals surface area (Å²) in [5.41, 5.74) is 1.70. The number of imide groups is 2. The van der Waals surface area contributed by atoms with Crippen LogP contribution >= 0.6 is 11.6 Å². The standard InChI is InChI=1S/C42H46ClN9O6/c43-34-19-31(5-1-25(34)20-44)58-30-6-2-26(3-7-30)47-39(54)35(45)9-11-37(46)50-15-13-24(14-16-50)21-49-22-28-17-29(23-49)51(28)27-4-8-32-33(18-27)42(57)52(41(32)56)36-10-12-38(53)48-40(36)55/h1,4-5,8-9,11,18-19,24,26,28-30,36,45-46H,2-3,6-7,10,12-17,21-23H2,(H,47,54)(H,48,53,55)/b11-9-,45-35?,46-37?. The summed E-state index contributed by atoms with van der Waals surface area (Å²) in [6.45, 7) is 4.23. The summed E-state index contributed by atoms with van der Waals surface area (Å²) in [4.78, 5) is 71.3. The van der Waals surface area contributed by atoms with Gasteiger partial charge in [-0.05, 0) is 99.8 Å². The Morgan fingerprint density at radius 1 is 0.931 bits per heavy atom. The molecule has 9 rings (SSSR count). The quantitative estimate of drug-likeness (QED) is 0.156. The lowest BCUT2D eigenvalue weighted by molar-refractivity contribution is -0.136. The van der Waals surface area contributed by atoms with Crippen LogP contribution in [0.1, 0.15) is 84.1 Å². The molecule has 1 aliphatic carbocycles. The summed E-state index contributed by atoms with van der Waals surface area (Å²) in [6.07, 6.45) is 8.99. The van der Waals surface area contributed by atoms with E-state index in [0.717, 1.165) is 75.4 Å². The number of amidine groups is 1. The number of hydrogen-bond acceptors (Lipinski definition) is 11. The second-order valence-electron chi connectivity index (χ2n) is 16.2. The topological polar surface area (TPSA) is 203 Å². The largest absolute Gasteiger partial charge is 0.490 e. The van der Waals surface area contributed by atoms with E-state index in [1.807, 2.05) is 17.0 Å². The molecule has 16 heteroatoms. The first-order valence-electron chi connectivity index (χ1n) is 20.1. The van der Waals surface area contributed by atoms with E-state index in [0.29, 0.717) is 58.6 Å². The van der Waals surface area contributed by atoms with Crippen molar-refractivity contribution in [1.82, 2.24) is 25.3 Å². The number of halogens is 1. The highest BCUT2D eigenvalue weighted by Crippen LogP contribution is 2.40. The number of nitrogens with one attached hydrogen (secondary N) is 4. The van der Waals surface area contributed by atoms with Gasteiger partial charge in [0.25, 0.3) is 17.7 Å². The number of piperazine rings is 1. The molecule has 2 aromatic carbocycles. The van der Waals surface area contributed by atoms with E-state index in [9.17, 15) is 24.0 Å². The highest BCUT2D eigenvalue weighted by Gasteiger charge is 2.48. The summed E-state index contributed by atoms with van der Waals surface area (Å²) in [7, 11) is 0. The van der Waals surface area contributed by atoms with E-state index in [2.05, 4.69) is 20.4 Å². The van der Waals surface area contributed by atoms with E-state index in [4.69, 9.17) is 32.4 Å². The minimum absolute atomic E-state index is 0.0221. The van der Waals surface area contributed by atoms with Gasteiger partial charge in [-0.1, -0.05) is 11.6 Å². The maximum Gasteiger partial charge on any atom is 0.269 e. The Hall–Kier alpha value is -5.59. The third-order valence-electron chi connectivity index (χ3n) is 12.5. The van der Waals surface area contributed by atoms with Gasteiger partial charge in [-0.25, -0.2) is 0 Å². The van der Waals surface area contributed by atoms with Gasteiger partial charge in [0, 0.05) is 69.0 Å². The van der Waals surface area contributed by atoms with Gasteiger partial charge in [-0.3, -0.25) is 49.9 Å². The number of anilines is 1. The highest BCUT2D eigenvalue weighted by atomic mass is 35.5. The summed E-state index contributed by atoms with van der Waals surface area (Å²) >= 11 is 6.13. The van der Waals surface area contributed by atoms with Gasteiger partial charge in [0.15, 0.2) is 0 Å². The number of fused-ring (bicyclic) bond motifs is 3. The van der Waals surface area contributed by atoms with Crippen molar-refractivity contribution >= 4 is 58.4 Å². The predicted octanol–water partition coefficient (Wildman–Crippen LogP) is 3.65. The van der Waals surface area contributed by atoms with Crippen molar-refractivity contribution in [2.24, 2.45) is 5.92 Å². The number of nitriles is 1. The third-order valence-corrected chi connectivity index (χ3v) is 12.8. The van der Waals surface area contributed by atoms with Crippen LogP contribution < -0.4 is 20.3 Å². The lowest BCUT2D eigenvalue weighted by atomic mass is 9.85. The summed E-state index contributed by atoms with van der Waals surface area (Å²) in [5, 5.41) is 31.5. The Kier molecular flexibility index (Phi) is 11.1. The first-order chi connectivity index (χ1) is 27.9. The molecule has 7 aliphatic rings. The Morgan fingerprint density at radius 2 is 1.66 bits per heavy atom. The number of amides is 5. The SMILES string of the molecule is N#Cc1ccc(OC2CCC(NC(=O)C(=N)/C=C\C(=N)N3CCC(CN4CC5CC(C4)N5c4ccc5c(c4)C(=O)N(C4CCC(=O)NC4=O)C5=O)CC3)CC2)cc1Cl. The molecule has 3 atom stereocenters. The lowest BCUT2D eigenvalue weighted by Crippen LogP contribution is -2.69. The molecule has 58 heavy (non-hydrogen) atoms. The molecule has 3 unspecified atom stereocenters. The Labute approximate surface area is 341 Å². The van der Waals surface area contributed by atoms with E-state index < -0.39 is 35.6 Å². The van der Waals surface area contributed by atoms with Crippen LogP contribution in [0.3, 0.4) is 0 Å². The molecule has 0 radical (unpaired) electrons. The number of carbonyl (C=O) groups is 5. The van der Waals surface area contributed by atoms with Gasteiger partial charge in [0.05, 0.1) is 27.8 Å². The average Bonchev–Trinajstić information content (AvgIpc) is 3.45. The molecule has 2 aromatic rings. The summed E-state index contributed by atoms with van der Waals surface area (Å²) in [6, 6.07) is 12.0. The summed E-state index contributed by atoms with van der Waals surface area (Å²) < 4.78 is 6.04. The van der Waals surface area contributed by atoms with Crippen LogP contribution in [0.4, 0.5) is 5.69 Å². The zero-order valence-electron chi connectivity index (χ0n) is 32.0. The molecule has 4 N–H and O–H groups in total. The number of rotatable bonds is 10. The molecular formula is C42H46ClN9O6. The van der Waals surface area contributed by atoms with Gasteiger partial charge < -0.3 is 19.9 Å². The maximum atomic E-state index is 13.4. The number of benzene rings is 2. The Bertz CT molecular complexity index is 2120. The van der Waals surface area contributed by atoms with Gasteiger partial charge >= 0.3 is 0 Å². The molecule has 0 aromatic heterocycles. The second-order valence-corrected chi connectivity index (χ2v) is 16.6. The fraction of sp³-hybridized carbons (Fsp3) is 0.476. The number of nitrogens with zero attached hydrogens (tertiary/aromatic N) is 5. The fourth-order valence-electron chi connectivity index (χ4n) is 9.39. The number of hydrogen-bond donors (Lipinski definition) is 4. The number of carbonyl (C=O) groups excluding carboxylic acids is 5. The van der Waals surface area contributed by atoms with Crippen molar-refractivity contribution in [2.75, 3.05) is 37.6 Å². The van der Waals surface area contributed by atoms with Crippen molar-refractivity contribution < 1.29 is 28.7 Å². The highest BCUT2D eigenvalue weighted by molar-refractivity contribution is 6.42. The van der Waals surface area contributed by atoms with Crippen molar-refractivity contribution in [1.29, 1.82) is 16.1 Å². The normalized spacial score (nSPS) is 26.2. The van der Waals surface area contributed by atoms with Gasteiger partial charge in [0.1, 0.15) is 29.4 Å². The van der Waals surface area contributed by atoms with Gasteiger partial charge in [-0.2, -0.15) is 5.26 Å². The number of piperidine rings is 3. The van der Waals surface area contributed by atoms with Crippen LogP contribution in [-0.4, -0.2) is 119 Å². The molecule has 15 nitrogen and oxygen atoms in total. The first-order valence-corrected chi connectivity index (χ1v) is 20.5. The van der Waals surface area contributed by atoms with E-state index in [-0.39, 0.29) is 36.3 Å². The van der Waals surface area contributed by atoms with Crippen molar-refractivity contribution in [3.05, 3.63) is 70.3 Å². The molecule has 5 amide bonds. The van der Waals surface area contributed by atoms with Crippen molar-refractivity contribution in [3.8, 4) is 11.8 Å². The van der Waals surface area contributed by atoms with Crippen molar-refractivity contribution in [3.63, 3.8) is 0 Å². The second kappa shape index (κ2) is 16.3. The fourth-order valence-corrected chi connectivity index (χ4v) is 9.61. The molecule has 1 saturated carbocycles. The molecule has 302 valence electrons. The van der Waals surface area contributed by atoms with Crippen LogP contribution in [0.15, 0.2) is 48.6 Å². The number of likely N-dealkylation sites (tertiary alicyclic amines) is 1. The molecule has 6 heterocycles. The van der Waals surface area contributed by atoms with E-state index in [1.165, 1.54) is 12.2 Å². The minimum atomic E-state index is -0.985. The Balaban J connectivity index is 0.748. The average molecular weight is 808 g/mol. The van der Waals surface area contributed by atoms with Crippen LogP contribution in [0, 0.1) is 28.1 Å². The maximum absolute atomic E-state index is 13.4. The minimum Gasteiger partial charge on any atom is -0.490 e. The van der Waals surface area contributed by atoms with Crippen LogP contribution in [0.25, 0.3) is 0 Å². The van der Waals surface area contributed by atoms with Gasteiger partial charge in [-0.15, -0.1) is 0 Å². The zero-order valence-corrected chi connectivity index (χ0v) is 32.8. The first kappa shape index (κ1) is 39.2. The predicted molar refractivity (Wildman–Crippen MR) is 214 cm³/mol. The van der Waals surface area contributed by atoms with E-state index >= 15 is 0 Å². The van der Waals surface area contributed by atoms with Crippen LogP contribution in [-0.2, 0) is 14.4 Å². The zero-order chi connectivity index (χ0) is 40.7. The monoisotopic (exact) mass is 807 g/mol. The van der Waals surface area contributed by atoms with Crippen LogP contribution in [0.2, 0.25) is 5.02 Å². The Morgan fingerprint density at radius 3 is 2.34 bits per heavy atom. The third kappa shape index (κ3) is 7.95. The molecular weight excluding hydrogens is 762 g/mol. The lowest BCUT2D eigenvalue weighted by Gasteiger charge is -2.58. The van der Waals surface area contributed by atoms with Crippen LogP contribution in [0.5, 0.6) is 5.75 Å². The molecule has 6 aliphatic heterocycles. The molecule has 0 spiro atoms. The molecule has 6 fully saturated rings. The summed E-state index contributed by atoms with van der Waals surface area (Å²) in [5.74, 6) is -1.07. The van der Waals surface area contributed by atoms with Crippen molar-refractivity contribution in [2.45, 2.75) is 88.1 Å². The molecule has 5 saturated heterocycles. The van der Waals surface area contributed by atoms with E-state index in [1.54, 1.807) is 30.3 Å². The number of ether oxygens (including phenoxy) is 1. The smallest absolute Gasteiger partial charge is 0.269 e.